The van der Waals surface area contributed by atoms with E-state index < -0.39 is 0 Å². The van der Waals surface area contributed by atoms with E-state index in [1.54, 1.807) is 31.3 Å². The molecule has 0 saturated heterocycles. The van der Waals surface area contributed by atoms with Crippen molar-refractivity contribution in [1.82, 2.24) is 15.2 Å². The van der Waals surface area contributed by atoms with Crippen LogP contribution in [0.25, 0.3) is 0 Å². The number of thioether (sulfide) groups is 1. The topological polar surface area (TPSA) is 57.6 Å². The third kappa shape index (κ3) is 4.14. The minimum absolute atomic E-state index is 0.0451. The molecule has 1 atom stereocenters. The van der Waals surface area contributed by atoms with Gasteiger partial charge in [0.1, 0.15) is 11.9 Å². The molecule has 2 heterocycles. The van der Waals surface area contributed by atoms with Gasteiger partial charge in [-0.25, -0.2) is 0 Å². The van der Waals surface area contributed by atoms with Gasteiger partial charge < -0.3 is 20.1 Å². The fourth-order valence-corrected chi connectivity index (χ4v) is 4.19. The minimum atomic E-state index is -0.131. The SMILES string of the molecule is COc1cccc(SC2=C(C(C)C)NC(CO)N2Cc2ccncc2)c1. The lowest BCUT2D eigenvalue weighted by Crippen LogP contribution is -2.40. The summed E-state index contributed by atoms with van der Waals surface area (Å²) in [5, 5.41) is 14.5. The maximum atomic E-state index is 9.91. The van der Waals surface area contributed by atoms with Crippen molar-refractivity contribution < 1.29 is 9.84 Å². The number of allylic oxidation sites excluding steroid dienone is 1. The molecule has 0 fully saturated rings. The summed E-state index contributed by atoms with van der Waals surface area (Å²) in [6.45, 7) is 5.09. The summed E-state index contributed by atoms with van der Waals surface area (Å²) >= 11 is 1.70. The van der Waals surface area contributed by atoms with Crippen LogP contribution in [0.1, 0.15) is 19.4 Å². The van der Waals surface area contributed by atoms with E-state index in [4.69, 9.17) is 4.74 Å². The van der Waals surface area contributed by atoms with Gasteiger partial charge in [0.15, 0.2) is 0 Å². The van der Waals surface area contributed by atoms with E-state index in [1.165, 1.54) is 0 Å². The first-order valence-corrected chi connectivity index (χ1v) is 9.53. The molecule has 0 spiro atoms. The molecule has 1 unspecified atom stereocenters. The Labute approximate surface area is 159 Å². The maximum Gasteiger partial charge on any atom is 0.123 e. The highest BCUT2D eigenvalue weighted by atomic mass is 32.2. The number of aromatic nitrogens is 1. The monoisotopic (exact) mass is 371 g/mol. The summed E-state index contributed by atoms with van der Waals surface area (Å²) in [5.74, 6) is 1.17. The van der Waals surface area contributed by atoms with Gasteiger partial charge in [-0.1, -0.05) is 31.7 Å². The van der Waals surface area contributed by atoms with E-state index in [0.717, 1.165) is 26.9 Å². The number of pyridine rings is 1. The average molecular weight is 372 g/mol. The molecule has 1 aliphatic rings. The van der Waals surface area contributed by atoms with Crippen LogP contribution < -0.4 is 10.1 Å². The quantitative estimate of drug-likeness (QED) is 0.778. The molecule has 6 heteroatoms. The summed E-state index contributed by atoms with van der Waals surface area (Å²) in [6.07, 6.45) is 3.47. The number of hydrogen-bond acceptors (Lipinski definition) is 6. The van der Waals surface area contributed by atoms with E-state index in [2.05, 4.69) is 35.1 Å². The van der Waals surface area contributed by atoms with Crippen LogP contribution in [-0.2, 0) is 6.54 Å². The highest BCUT2D eigenvalue weighted by Gasteiger charge is 2.32. The number of aliphatic hydroxyl groups excluding tert-OH is 1. The van der Waals surface area contributed by atoms with E-state index in [0.29, 0.717) is 12.5 Å². The molecule has 0 saturated carbocycles. The number of methoxy groups -OCH3 is 1. The summed E-state index contributed by atoms with van der Waals surface area (Å²) in [4.78, 5) is 7.43. The Bertz CT molecular complexity index is 765. The molecule has 0 radical (unpaired) electrons. The zero-order valence-electron chi connectivity index (χ0n) is 15.3. The smallest absolute Gasteiger partial charge is 0.123 e. The first-order chi connectivity index (χ1) is 12.6. The van der Waals surface area contributed by atoms with Crippen LogP contribution in [-0.4, -0.2) is 34.9 Å². The molecular weight excluding hydrogens is 346 g/mol. The first-order valence-electron chi connectivity index (χ1n) is 8.71. The fourth-order valence-electron chi connectivity index (χ4n) is 2.93. The normalized spacial score (nSPS) is 17.0. The third-order valence-electron chi connectivity index (χ3n) is 4.30. The molecule has 138 valence electrons. The van der Waals surface area contributed by atoms with E-state index in [-0.39, 0.29) is 12.8 Å². The van der Waals surface area contributed by atoms with Crippen LogP contribution >= 0.6 is 11.8 Å². The summed E-state index contributed by atoms with van der Waals surface area (Å²) < 4.78 is 5.35. The molecule has 0 amide bonds. The van der Waals surface area contributed by atoms with Gasteiger partial charge in [0, 0.05) is 29.5 Å². The van der Waals surface area contributed by atoms with Crippen LogP contribution in [0.3, 0.4) is 0 Å². The number of ether oxygens (including phenoxy) is 1. The summed E-state index contributed by atoms with van der Waals surface area (Å²) in [5.41, 5.74) is 2.32. The minimum Gasteiger partial charge on any atom is -0.497 e. The Morgan fingerprint density at radius 3 is 2.69 bits per heavy atom. The second-order valence-electron chi connectivity index (χ2n) is 6.48. The summed E-state index contributed by atoms with van der Waals surface area (Å²) in [7, 11) is 1.68. The lowest BCUT2D eigenvalue weighted by atomic mass is 10.1. The average Bonchev–Trinajstić information content (AvgIpc) is 3.00. The van der Waals surface area contributed by atoms with Crippen LogP contribution in [0.15, 0.2) is 64.4 Å². The number of hydrogen-bond donors (Lipinski definition) is 2. The van der Waals surface area contributed by atoms with E-state index >= 15 is 0 Å². The zero-order chi connectivity index (χ0) is 18.5. The Balaban J connectivity index is 1.92. The largest absolute Gasteiger partial charge is 0.497 e. The van der Waals surface area contributed by atoms with Crippen LogP contribution in [0.5, 0.6) is 5.75 Å². The molecule has 3 rings (SSSR count). The number of rotatable bonds is 7. The molecule has 1 aromatic carbocycles. The maximum absolute atomic E-state index is 9.91. The van der Waals surface area contributed by atoms with Crippen molar-refractivity contribution in [3.8, 4) is 5.75 Å². The molecule has 1 aliphatic heterocycles. The van der Waals surface area contributed by atoms with Crippen LogP contribution in [0.2, 0.25) is 0 Å². The predicted molar refractivity (Wildman–Crippen MR) is 105 cm³/mol. The number of aliphatic hydroxyl groups is 1. The van der Waals surface area contributed by atoms with Crippen molar-refractivity contribution in [3.63, 3.8) is 0 Å². The van der Waals surface area contributed by atoms with Gasteiger partial charge in [0.25, 0.3) is 0 Å². The van der Waals surface area contributed by atoms with Gasteiger partial charge in [0.2, 0.25) is 0 Å². The Hall–Kier alpha value is -2.18. The Morgan fingerprint density at radius 1 is 1.27 bits per heavy atom. The van der Waals surface area contributed by atoms with Gasteiger partial charge >= 0.3 is 0 Å². The van der Waals surface area contributed by atoms with Gasteiger partial charge in [-0.2, -0.15) is 0 Å². The lowest BCUT2D eigenvalue weighted by molar-refractivity contribution is 0.155. The molecule has 2 aromatic rings. The molecule has 26 heavy (non-hydrogen) atoms. The molecule has 5 nitrogen and oxygen atoms in total. The number of nitrogens with zero attached hydrogens (tertiary/aromatic N) is 2. The van der Waals surface area contributed by atoms with Crippen molar-refractivity contribution in [1.29, 1.82) is 0 Å². The molecule has 0 bridgehead atoms. The lowest BCUT2D eigenvalue weighted by Gasteiger charge is -2.27. The highest BCUT2D eigenvalue weighted by molar-refractivity contribution is 8.03. The van der Waals surface area contributed by atoms with Crippen molar-refractivity contribution in [3.05, 3.63) is 65.1 Å². The number of nitrogens with one attached hydrogen (secondary N) is 1. The third-order valence-corrected chi connectivity index (χ3v) is 5.44. The fraction of sp³-hybridized carbons (Fsp3) is 0.350. The first kappa shape index (κ1) is 18.6. The molecule has 0 aliphatic carbocycles. The van der Waals surface area contributed by atoms with Crippen molar-refractivity contribution >= 4 is 11.8 Å². The van der Waals surface area contributed by atoms with Crippen LogP contribution in [0, 0.1) is 5.92 Å². The standard InChI is InChI=1S/C20H25N3O2S/c1-14(2)19-20(26-17-6-4-5-16(11-17)25-3)23(18(13-24)22-19)12-15-7-9-21-10-8-15/h4-11,14,18,22,24H,12-13H2,1-3H3. The van der Waals surface area contributed by atoms with Crippen molar-refractivity contribution in [2.24, 2.45) is 5.92 Å². The van der Waals surface area contributed by atoms with Gasteiger partial charge in [-0.3, -0.25) is 4.98 Å². The highest BCUT2D eigenvalue weighted by Crippen LogP contribution is 2.39. The van der Waals surface area contributed by atoms with Gasteiger partial charge in [0.05, 0.1) is 18.7 Å². The van der Waals surface area contributed by atoms with Gasteiger partial charge in [-0.15, -0.1) is 0 Å². The Morgan fingerprint density at radius 2 is 2.04 bits per heavy atom. The number of benzene rings is 1. The van der Waals surface area contributed by atoms with E-state index in [9.17, 15) is 5.11 Å². The zero-order valence-corrected chi connectivity index (χ0v) is 16.2. The summed E-state index contributed by atoms with van der Waals surface area (Å²) in [6, 6.07) is 12.1. The molecule has 2 N–H and O–H groups in total. The van der Waals surface area contributed by atoms with E-state index in [1.807, 2.05) is 30.3 Å². The van der Waals surface area contributed by atoms with Crippen molar-refractivity contribution in [2.45, 2.75) is 31.5 Å². The van der Waals surface area contributed by atoms with Gasteiger partial charge in [-0.05, 0) is 41.8 Å². The Kier molecular flexibility index (Phi) is 6.06. The van der Waals surface area contributed by atoms with Crippen LogP contribution in [0.4, 0.5) is 0 Å². The molecule has 1 aromatic heterocycles. The second-order valence-corrected chi connectivity index (χ2v) is 7.54. The molecular formula is C20H25N3O2S. The second kappa shape index (κ2) is 8.47. The predicted octanol–water partition coefficient (Wildman–Crippen LogP) is 3.43. The van der Waals surface area contributed by atoms with Crippen molar-refractivity contribution in [2.75, 3.05) is 13.7 Å².